The highest BCUT2D eigenvalue weighted by Crippen LogP contribution is 2.34. The van der Waals surface area contributed by atoms with Gasteiger partial charge in [0.2, 0.25) is 0 Å². The normalized spacial score (nSPS) is 15.4. The predicted octanol–water partition coefficient (Wildman–Crippen LogP) is 6.07. The van der Waals surface area contributed by atoms with Crippen molar-refractivity contribution in [3.05, 3.63) is 65.4 Å². The Morgan fingerprint density at radius 2 is 1.64 bits per heavy atom. The van der Waals surface area contributed by atoms with Gasteiger partial charge in [-0.05, 0) is 54.5 Å². The van der Waals surface area contributed by atoms with Crippen LogP contribution < -0.4 is 0 Å². The molecule has 0 N–H and O–H groups in total. The van der Waals surface area contributed by atoms with E-state index in [1.54, 1.807) is 0 Å². The molecule has 4 rings (SSSR count). The van der Waals surface area contributed by atoms with Gasteiger partial charge >= 0.3 is 0 Å². The average molecular weight is 329 g/mol. The van der Waals surface area contributed by atoms with Crippen LogP contribution in [0.25, 0.3) is 22.0 Å². The minimum absolute atomic E-state index is 0.710. The van der Waals surface area contributed by atoms with Gasteiger partial charge in [0.05, 0.1) is 5.52 Å². The third-order valence-corrected chi connectivity index (χ3v) is 5.42. The minimum atomic E-state index is 0.710. The molecule has 25 heavy (non-hydrogen) atoms. The van der Waals surface area contributed by atoms with Crippen LogP contribution in [0.5, 0.6) is 0 Å². The molecule has 2 nitrogen and oxygen atoms in total. The fraction of sp³-hybridized carbons (Fsp3) is 0.304. The molecule has 0 amide bonds. The molecule has 1 aromatic heterocycles. The molecule has 0 aliphatic heterocycles. The van der Waals surface area contributed by atoms with Gasteiger partial charge in [-0.25, -0.2) is 0 Å². The van der Waals surface area contributed by atoms with Gasteiger partial charge in [0.25, 0.3) is 0 Å². The Bertz CT molecular complexity index is 905. The van der Waals surface area contributed by atoms with E-state index in [-0.39, 0.29) is 0 Å². The largest absolute Gasteiger partial charge is 0.298 e. The summed E-state index contributed by atoms with van der Waals surface area (Å²) in [6.07, 6.45) is 7.68. The number of rotatable bonds is 3. The molecular weight excluding hydrogens is 306 g/mol. The molecule has 2 aromatic carbocycles. The molecule has 0 bridgehead atoms. The van der Waals surface area contributed by atoms with Crippen molar-refractivity contribution in [3.8, 4) is 11.1 Å². The van der Waals surface area contributed by atoms with Crippen LogP contribution >= 0.6 is 0 Å². The van der Waals surface area contributed by atoms with Crippen LogP contribution in [0.2, 0.25) is 0 Å². The van der Waals surface area contributed by atoms with E-state index in [4.69, 9.17) is 0 Å². The van der Waals surface area contributed by atoms with Crippen molar-refractivity contribution in [3.63, 3.8) is 0 Å². The highest BCUT2D eigenvalue weighted by atomic mass is 16.1. The van der Waals surface area contributed by atoms with Crippen molar-refractivity contribution in [1.29, 1.82) is 0 Å². The number of aromatic nitrogens is 1. The van der Waals surface area contributed by atoms with Crippen LogP contribution in [0, 0.1) is 6.92 Å². The third-order valence-electron chi connectivity index (χ3n) is 5.42. The molecule has 3 aromatic rings. The zero-order valence-electron chi connectivity index (χ0n) is 14.7. The zero-order valence-corrected chi connectivity index (χ0v) is 14.7. The highest BCUT2D eigenvalue weighted by molar-refractivity contribution is 5.98. The average Bonchev–Trinajstić information content (AvgIpc) is 2.67. The topological polar surface area (TPSA) is 30.0 Å². The summed E-state index contributed by atoms with van der Waals surface area (Å²) < 4.78 is 0. The molecule has 0 unspecified atom stereocenters. The molecule has 0 atom stereocenters. The van der Waals surface area contributed by atoms with Gasteiger partial charge in [-0.2, -0.15) is 0 Å². The molecule has 1 aliphatic carbocycles. The molecule has 126 valence electrons. The second-order valence-corrected chi connectivity index (χ2v) is 7.16. The standard InChI is InChI=1S/C23H23NO/c1-16-13-21(15-25)22-12-11-20(14-23(22)24-16)19-9-7-18(8-10-19)17-5-3-2-4-6-17/h7-15,17H,2-6H2,1H3. The van der Waals surface area contributed by atoms with Gasteiger partial charge in [0, 0.05) is 16.6 Å². The molecule has 1 fully saturated rings. The van der Waals surface area contributed by atoms with Crippen molar-refractivity contribution < 1.29 is 4.79 Å². The fourth-order valence-corrected chi connectivity index (χ4v) is 4.05. The van der Waals surface area contributed by atoms with Gasteiger partial charge in [0.15, 0.2) is 6.29 Å². The second-order valence-electron chi connectivity index (χ2n) is 7.16. The first kappa shape index (κ1) is 16.0. The maximum atomic E-state index is 11.3. The molecule has 1 aliphatic rings. The van der Waals surface area contributed by atoms with Gasteiger partial charge in [-0.1, -0.05) is 55.7 Å². The van der Waals surface area contributed by atoms with Crippen LogP contribution in [0.1, 0.15) is 59.6 Å². The van der Waals surface area contributed by atoms with Crippen molar-refractivity contribution in [2.75, 3.05) is 0 Å². The monoisotopic (exact) mass is 329 g/mol. The number of fused-ring (bicyclic) bond motifs is 1. The summed E-state index contributed by atoms with van der Waals surface area (Å²) in [5.41, 5.74) is 6.30. The molecule has 0 radical (unpaired) electrons. The zero-order chi connectivity index (χ0) is 17.2. The number of aryl methyl sites for hydroxylation is 1. The Balaban J connectivity index is 1.68. The summed E-state index contributed by atoms with van der Waals surface area (Å²) in [4.78, 5) is 15.9. The number of nitrogens with zero attached hydrogens (tertiary/aromatic N) is 1. The van der Waals surface area contributed by atoms with Gasteiger partial charge < -0.3 is 0 Å². The van der Waals surface area contributed by atoms with E-state index in [2.05, 4.69) is 41.4 Å². The Labute approximate surface area is 148 Å². The van der Waals surface area contributed by atoms with Crippen molar-refractivity contribution >= 4 is 17.2 Å². The van der Waals surface area contributed by atoms with Crippen LogP contribution in [0.3, 0.4) is 0 Å². The van der Waals surface area contributed by atoms with Crippen molar-refractivity contribution in [2.45, 2.75) is 44.9 Å². The van der Waals surface area contributed by atoms with Crippen LogP contribution in [-0.4, -0.2) is 11.3 Å². The first-order valence-corrected chi connectivity index (χ1v) is 9.21. The summed E-state index contributed by atoms with van der Waals surface area (Å²) >= 11 is 0. The van der Waals surface area contributed by atoms with Gasteiger partial charge in [-0.15, -0.1) is 0 Å². The lowest BCUT2D eigenvalue weighted by Crippen LogP contribution is -2.04. The molecular formula is C23H23NO. The number of hydrogen-bond donors (Lipinski definition) is 0. The highest BCUT2D eigenvalue weighted by Gasteiger charge is 2.15. The third kappa shape index (κ3) is 3.21. The predicted molar refractivity (Wildman–Crippen MR) is 103 cm³/mol. The Morgan fingerprint density at radius 1 is 0.920 bits per heavy atom. The summed E-state index contributed by atoms with van der Waals surface area (Å²) in [5.74, 6) is 0.735. The summed E-state index contributed by atoms with van der Waals surface area (Å²) in [6, 6.07) is 17.0. The molecule has 2 heteroatoms. The molecule has 1 saturated carbocycles. The van der Waals surface area contributed by atoms with Gasteiger partial charge in [0.1, 0.15) is 0 Å². The van der Waals surface area contributed by atoms with Crippen molar-refractivity contribution in [1.82, 2.24) is 4.98 Å². The first-order valence-electron chi connectivity index (χ1n) is 9.21. The minimum Gasteiger partial charge on any atom is -0.298 e. The van der Waals surface area contributed by atoms with Crippen LogP contribution in [0.15, 0.2) is 48.5 Å². The molecule has 0 saturated heterocycles. The van der Waals surface area contributed by atoms with E-state index in [0.717, 1.165) is 34.4 Å². The van der Waals surface area contributed by atoms with E-state index < -0.39 is 0 Å². The quantitative estimate of drug-likeness (QED) is 0.546. The Morgan fingerprint density at radius 3 is 2.36 bits per heavy atom. The second kappa shape index (κ2) is 6.79. The Hall–Kier alpha value is -2.48. The van der Waals surface area contributed by atoms with Gasteiger partial charge in [-0.3, -0.25) is 9.78 Å². The number of hydrogen-bond acceptors (Lipinski definition) is 2. The molecule has 0 spiro atoms. The number of carbonyl (C=O) groups is 1. The maximum absolute atomic E-state index is 11.3. The fourth-order valence-electron chi connectivity index (χ4n) is 4.05. The lowest BCUT2D eigenvalue weighted by molar-refractivity contribution is 0.112. The number of benzene rings is 2. The maximum Gasteiger partial charge on any atom is 0.150 e. The summed E-state index contributed by atoms with van der Waals surface area (Å²) in [6.45, 7) is 1.93. The smallest absolute Gasteiger partial charge is 0.150 e. The Kier molecular flexibility index (Phi) is 4.35. The SMILES string of the molecule is Cc1cc(C=O)c2ccc(-c3ccc(C4CCCCC4)cc3)cc2n1. The number of pyridine rings is 1. The van der Waals surface area contributed by atoms with E-state index in [1.807, 2.05) is 19.1 Å². The lowest BCUT2D eigenvalue weighted by Gasteiger charge is -2.22. The number of carbonyl (C=O) groups excluding carboxylic acids is 1. The molecule has 1 heterocycles. The summed E-state index contributed by atoms with van der Waals surface area (Å²) in [7, 11) is 0. The summed E-state index contributed by atoms with van der Waals surface area (Å²) in [5, 5.41) is 0.920. The van der Waals surface area contributed by atoms with Crippen molar-refractivity contribution in [2.24, 2.45) is 0 Å². The van der Waals surface area contributed by atoms with E-state index in [1.165, 1.54) is 43.2 Å². The van der Waals surface area contributed by atoms with Crippen LogP contribution in [-0.2, 0) is 0 Å². The lowest BCUT2D eigenvalue weighted by atomic mass is 9.83. The van der Waals surface area contributed by atoms with E-state index in [0.29, 0.717) is 5.56 Å². The number of aldehydes is 1. The van der Waals surface area contributed by atoms with Crippen LogP contribution in [0.4, 0.5) is 0 Å². The van der Waals surface area contributed by atoms with E-state index >= 15 is 0 Å². The first-order chi connectivity index (χ1) is 12.2. The van der Waals surface area contributed by atoms with E-state index in [9.17, 15) is 4.79 Å².